The molecule has 2 N–H and O–H groups in total. The Kier molecular flexibility index (Phi) is 10.3. The fourth-order valence-electron chi connectivity index (χ4n) is 1.91. The summed E-state index contributed by atoms with van der Waals surface area (Å²) in [6, 6.07) is 3.74. The first-order valence-corrected chi connectivity index (χ1v) is 8.54. The summed E-state index contributed by atoms with van der Waals surface area (Å²) >= 11 is 1.77. The van der Waals surface area contributed by atoms with Crippen molar-refractivity contribution in [3.63, 3.8) is 0 Å². The highest BCUT2D eigenvalue weighted by Gasteiger charge is 2.02. The Balaban J connectivity index is 0.00000288. The van der Waals surface area contributed by atoms with Crippen LogP contribution in [0.5, 0.6) is 5.75 Å². The van der Waals surface area contributed by atoms with Gasteiger partial charge in [0.05, 0.1) is 17.7 Å². The molecule has 0 atom stereocenters. The SMILES string of the molecule is CCc1cnc(CCNC(=NC)NCCOc2cccnc2)s1.I. The monoisotopic (exact) mass is 461 g/mol. The van der Waals surface area contributed by atoms with Crippen LogP contribution in [0.15, 0.2) is 35.7 Å². The first kappa shape index (κ1) is 20.6. The van der Waals surface area contributed by atoms with Crippen molar-refractivity contribution in [1.82, 2.24) is 20.6 Å². The van der Waals surface area contributed by atoms with Gasteiger partial charge in [0.1, 0.15) is 12.4 Å². The van der Waals surface area contributed by atoms with Gasteiger partial charge in [-0.25, -0.2) is 4.98 Å². The Morgan fingerprint density at radius 2 is 2.12 bits per heavy atom. The summed E-state index contributed by atoms with van der Waals surface area (Å²) in [6.07, 6.45) is 7.33. The normalized spacial score (nSPS) is 10.8. The number of guanidine groups is 1. The highest BCUT2D eigenvalue weighted by molar-refractivity contribution is 14.0. The zero-order valence-electron chi connectivity index (χ0n) is 14.0. The number of halogens is 1. The molecular weight excluding hydrogens is 437 g/mol. The maximum atomic E-state index is 5.57. The van der Waals surface area contributed by atoms with Gasteiger partial charge in [-0.2, -0.15) is 0 Å². The van der Waals surface area contributed by atoms with Crippen LogP contribution in [-0.4, -0.2) is 42.7 Å². The summed E-state index contributed by atoms with van der Waals surface area (Å²) in [5, 5.41) is 7.66. The van der Waals surface area contributed by atoms with Crippen LogP contribution in [0, 0.1) is 0 Å². The molecule has 0 saturated heterocycles. The van der Waals surface area contributed by atoms with E-state index in [1.165, 1.54) is 4.88 Å². The minimum atomic E-state index is 0. The molecule has 2 aromatic heterocycles. The topological polar surface area (TPSA) is 71.4 Å². The van der Waals surface area contributed by atoms with Crippen LogP contribution < -0.4 is 15.4 Å². The largest absolute Gasteiger partial charge is 0.490 e. The molecule has 2 aromatic rings. The lowest BCUT2D eigenvalue weighted by atomic mass is 10.4. The molecule has 8 heteroatoms. The average molecular weight is 461 g/mol. The molecule has 132 valence electrons. The van der Waals surface area contributed by atoms with Crippen molar-refractivity contribution < 1.29 is 4.74 Å². The van der Waals surface area contributed by atoms with Gasteiger partial charge in [0.2, 0.25) is 0 Å². The molecule has 0 aliphatic heterocycles. The van der Waals surface area contributed by atoms with Gasteiger partial charge in [0.15, 0.2) is 5.96 Å². The summed E-state index contributed by atoms with van der Waals surface area (Å²) in [7, 11) is 1.76. The fourth-order valence-corrected chi connectivity index (χ4v) is 2.77. The van der Waals surface area contributed by atoms with Gasteiger partial charge in [-0.15, -0.1) is 35.3 Å². The summed E-state index contributed by atoms with van der Waals surface area (Å²) in [5.41, 5.74) is 0. The lowest BCUT2D eigenvalue weighted by molar-refractivity contribution is 0.320. The number of pyridine rings is 1. The molecule has 0 unspecified atom stereocenters. The van der Waals surface area contributed by atoms with Crippen LogP contribution in [-0.2, 0) is 12.8 Å². The van der Waals surface area contributed by atoms with Crippen molar-refractivity contribution in [3.8, 4) is 5.75 Å². The van der Waals surface area contributed by atoms with E-state index in [2.05, 4.69) is 32.5 Å². The van der Waals surface area contributed by atoms with Gasteiger partial charge >= 0.3 is 0 Å². The summed E-state index contributed by atoms with van der Waals surface area (Å²) in [5.74, 6) is 1.54. The highest BCUT2D eigenvalue weighted by Crippen LogP contribution is 2.13. The van der Waals surface area contributed by atoms with E-state index < -0.39 is 0 Å². The summed E-state index contributed by atoms with van der Waals surface area (Å²) in [4.78, 5) is 13.9. The zero-order chi connectivity index (χ0) is 16.3. The van der Waals surface area contributed by atoms with Crippen LogP contribution >= 0.6 is 35.3 Å². The van der Waals surface area contributed by atoms with Crippen LogP contribution in [0.4, 0.5) is 0 Å². The van der Waals surface area contributed by atoms with E-state index in [1.807, 2.05) is 18.3 Å². The number of aromatic nitrogens is 2. The maximum Gasteiger partial charge on any atom is 0.191 e. The van der Waals surface area contributed by atoms with Gasteiger partial charge in [-0.1, -0.05) is 6.92 Å². The second-order valence-electron chi connectivity index (χ2n) is 4.79. The molecule has 0 bridgehead atoms. The standard InChI is InChI=1S/C16H23N5OS.HI/c1-3-14-12-21-15(23-14)6-8-19-16(17-2)20-9-10-22-13-5-4-7-18-11-13;/h4-5,7,11-12H,3,6,8-10H2,1-2H3,(H2,17,19,20);1H. The fraction of sp³-hybridized carbons (Fsp3) is 0.438. The quantitative estimate of drug-likeness (QED) is 0.274. The van der Waals surface area contributed by atoms with Crippen molar-refractivity contribution in [3.05, 3.63) is 40.6 Å². The number of rotatable bonds is 8. The van der Waals surface area contributed by atoms with Gasteiger partial charge in [0.25, 0.3) is 0 Å². The first-order valence-electron chi connectivity index (χ1n) is 7.72. The zero-order valence-corrected chi connectivity index (χ0v) is 17.1. The average Bonchev–Trinajstić information content (AvgIpc) is 3.06. The van der Waals surface area contributed by atoms with E-state index in [4.69, 9.17) is 4.74 Å². The van der Waals surface area contributed by atoms with Gasteiger partial charge in [-0.05, 0) is 18.6 Å². The molecule has 2 rings (SSSR count). The molecule has 0 aromatic carbocycles. The third kappa shape index (κ3) is 7.43. The number of aryl methyl sites for hydroxylation is 1. The van der Waals surface area contributed by atoms with Gasteiger partial charge < -0.3 is 15.4 Å². The number of hydrogen-bond donors (Lipinski definition) is 2. The van der Waals surface area contributed by atoms with Crippen molar-refractivity contribution in [1.29, 1.82) is 0 Å². The maximum absolute atomic E-state index is 5.57. The molecule has 0 spiro atoms. The highest BCUT2D eigenvalue weighted by atomic mass is 127. The first-order chi connectivity index (χ1) is 11.3. The van der Waals surface area contributed by atoms with E-state index in [0.29, 0.717) is 13.2 Å². The minimum Gasteiger partial charge on any atom is -0.490 e. The van der Waals surface area contributed by atoms with Crippen LogP contribution in [0.2, 0.25) is 0 Å². The molecule has 0 aliphatic rings. The van der Waals surface area contributed by atoms with Crippen LogP contribution in [0.1, 0.15) is 16.8 Å². The van der Waals surface area contributed by atoms with E-state index in [-0.39, 0.29) is 24.0 Å². The second kappa shape index (κ2) is 12.0. The summed E-state index contributed by atoms with van der Waals surface area (Å²) in [6.45, 7) is 4.18. The predicted octanol–water partition coefficient (Wildman–Crippen LogP) is 2.51. The van der Waals surface area contributed by atoms with Crippen molar-refractivity contribution in [2.45, 2.75) is 19.8 Å². The van der Waals surface area contributed by atoms with Crippen LogP contribution in [0.25, 0.3) is 0 Å². The number of nitrogens with one attached hydrogen (secondary N) is 2. The van der Waals surface area contributed by atoms with Gasteiger partial charge in [-0.3, -0.25) is 9.98 Å². The molecule has 24 heavy (non-hydrogen) atoms. The Hall–Kier alpha value is -1.42. The van der Waals surface area contributed by atoms with E-state index in [0.717, 1.165) is 36.1 Å². The molecular formula is C16H24IN5OS. The molecule has 2 heterocycles. The Morgan fingerprint density at radius 3 is 2.79 bits per heavy atom. The summed E-state index contributed by atoms with van der Waals surface area (Å²) < 4.78 is 5.57. The Morgan fingerprint density at radius 1 is 1.29 bits per heavy atom. The van der Waals surface area contributed by atoms with E-state index >= 15 is 0 Å². The minimum absolute atomic E-state index is 0. The molecule has 0 fully saturated rings. The Labute approximate surface area is 164 Å². The number of nitrogens with zero attached hydrogens (tertiary/aromatic N) is 3. The molecule has 0 amide bonds. The van der Waals surface area contributed by atoms with Gasteiger partial charge in [0, 0.05) is 37.3 Å². The molecule has 6 nitrogen and oxygen atoms in total. The third-order valence-electron chi connectivity index (χ3n) is 3.10. The lowest BCUT2D eigenvalue weighted by Crippen LogP contribution is -2.40. The van der Waals surface area contributed by atoms with E-state index in [9.17, 15) is 0 Å². The van der Waals surface area contributed by atoms with Crippen LogP contribution in [0.3, 0.4) is 0 Å². The van der Waals surface area contributed by atoms with Crippen molar-refractivity contribution in [2.24, 2.45) is 4.99 Å². The third-order valence-corrected chi connectivity index (χ3v) is 4.30. The molecule has 0 saturated carbocycles. The van der Waals surface area contributed by atoms with Crippen molar-refractivity contribution >= 4 is 41.3 Å². The number of thiazole rings is 1. The molecule has 0 radical (unpaired) electrons. The lowest BCUT2D eigenvalue weighted by Gasteiger charge is -2.11. The smallest absolute Gasteiger partial charge is 0.191 e. The number of hydrogen-bond acceptors (Lipinski definition) is 5. The molecule has 0 aliphatic carbocycles. The number of aliphatic imine (C=N–C) groups is 1. The predicted molar refractivity (Wildman–Crippen MR) is 110 cm³/mol. The second-order valence-corrected chi connectivity index (χ2v) is 5.99. The van der Waals surface area contributed by atoms with E-state index in [1.54, 1.807) is 30.8 Å². The van der Waals surface area contributed by atoms with Crippen molar-refractivity contribution in [2.75, 3.05) is 26.7 Å². The Bertz CT molecular complexity index is 606. The number of ether oxygens (including phenoxy) is 1.